The molecule has 1 aliphatic heterocycles. The van der Waals surface area contributed by atoms with Gasteiger partial charge in [-0.05, 0) is 83.9 Å². The summed E-state index contributed by atoms with van der Waals surface area (Å²) >= 11 is 12.7. The van der Waals surface area contributed by atoms with E-state index in [-0.39, 0.29) is 5.69 Å². The lowest BCUT2D eigenvalue weighted by atomic mass is 9.69. The van der Waals surface area contributed by atoms with Gasteiger partial charge in [0.05, 0.1) is 16.7 Å². The maximum Gasteiger partial charge on any atom is 0.573 e. The Kier molecular flexibility index (Phi) is 7.37. The third-order valence-electron chi connectivity index (χ3n) is 8.18. The summed E-state index contributed by atoms with van der Waals surface area (Å²) in [6, 6.07) is 17.9. The fourth-order valence-electron chi connectivity index (χ4n) is 6.08. The number of alkyl halides is 3. The predicted octanol–water partition coefficient (Wildman–Crippen LogP) is 8.39. The van der Waals surface area contributed by atoms with Crippen LogP contribution in [0.1, 0.15) is 36.8 Å². The van der Waals surface area contributed by atoms with Crippen molar-refractivity contribution in [1.29, 1.82) is 0 Å². The van der Waals surface area contributed by atoms with E-state index < -0.39 is 41.4 Å². The molecule has 2 unspecified atom stereocenters. The second kappa shape index (κ2) is 10.9. The maximum atomic E-state index is 14.7. The molecule has 7 nitrogen and oxygen atoms in total. The van der Waals surface area contributed by atoms with Crippen molar-refractivity contribution in [2.75, 3.05) is 4.90 Å². The number of fused-ring (bicyclic) bond motifs is 2. The molecular weight excluding hydrogens is 616 g/mol. The van der Waals surface area contributed by atoms with Gasteiger partial charge < -0.3 is 10.1 Å². The number of halogens is 5. The SMILES string of the molecule is CC(c1ccnc2ccc(Cl)cc12)C1(C(C)c2ccnc3ccc(Cl)cc23)NC(=O)N(c2ccc(OC(F)(F)F)cc2)C1=O. The number of nitrogens with one attached hydrogen (secondary N) is 1. The molecule has 3 amide bonds. The van der Waals surface area contributed by atoms with Crippen LogP contribution >= 0.6 is 23.2 Å². The summed E-state index contributed by atoms with van der Waals surface area (Å²) in [5, 5.41) is 5.35. The number of anilines is 1. The highest BCUT2D eigenvalue weighted by Crippen LogP contribution is 2.47. The number of ether oxygens (including phenoxy) is 1. The highest BCUT2D eigenvalue weighted by Gasteiger charge is 2.59. The van der Waals surface area contributed by atoms with Crippen molar-refractivity contribution in [1.82, 2.24) is 15.3 Å². The molecule has 0 saturated carbocycles. The summed E-state index contributed by atoms with van der Waals surface area (Å²) < 4.78 is 42.3. The Morgan fingerprint density at radius 2 is 1.30 bits per heavy atom. The number of urea groups is 1. The summed E-state index contributed by atoms with van der Waals surface area (Å²) in [6.45, 7) is 3.68. The van der Waals surface area contributed by atoms with Crippen LogP contribution in [-0.4, -0.2) is 33.8 Å². The van der Waals surface area contributed by atoms with Gasteiger partial charge >= 0.3 is 12.4 Å². The molecule has 1 saturated heterocycles. The van der Waals surface area contributed by atoms with Crippen molar-refractivity contribution < 1.29 is 27.5 Å². The number of hydrogen-bond donors (Lipinski definition) is 1. The number of benzene rings is 3. The van der Waals surface area contributed by atoms with Crippen molar-refractivity contribution in [3.8, 4) is 5.75 Å². The Hall–Kier alpha value is -4.41. The zero-order valence-corrected chi connectivity index (χ0v) is 24.7. The smallest absolute Gasteiger partial charge is 0.406 e. The molecule has 6 rings (SSSR count). The Morgan fingerprint density at radius 1 is 0.795 bits per heavy atom. The van der Waals surface area contributed by atoms with Gasteiger partial charge in [0.15, 0.2) is 0 Å². The van der Waals surface area contributed by atoms with Crippen molar-refractivity contribution in [2.45, 2.75) is 37.6 Å². The Morgan fingerprint density at radius 3 is 1.77 bits per heavy atom. The first kappa shape index (κ1) is 29.7. The van der Waals surface area contributed by atoms with Gasteiger partial charge in [-0.3, -0.25) is 14.8 Å². The highest BCUT2D eigenvalue weighted by atomic mass is 35.5. The molecule has 5 aromatic rings. The number of hydrogen-bond acceptors (Lipinski definition) is 5. The molecule has 0 radical (unpaired) electrons. The van der Waals surface area contributed by atoms with Gasteiger partial charge in [0, 0.05) is 45.0 Å². The summed E-state index contributed by atoms with van der Waals surface area (Å²) in [7, 11) is 0. The first-order valence-electron chi connectivity index (χ1n) is 13.5. The maximum absolute atomic E-state index is 14.7. The van der Waals surface area contributed by atoms with Gasteiger partial charge in [-0.25, -0.2) is 9.69 Å². The van der Waals surface area contributed by atoms with Crippen molar-refractivity contribution in [3.63, 3.8) is 0 Å². The molecule has 1 fully saturated rings. The minimum atomic E-state index is -4.89. The van der Waals surface area contributed by atoms with E-state index in [1.807, 2.05) is 13.8 Å². The zero-order chi connectivity index (χ0) is 31.4. The van der Waals surface area contributed by atoms with E-state index in [9.17, 15) is 22.8 Å². The highest BCUT2D eigenvalue weighted by molar-refractivity contribution is 6.31. The molecule has 2 aromatic heterocycles. The normalized spacial score (nSPS) is 18.5. The minimum absolute atomic E-state index is 0.0774. The van der Waals surface area contributed by atoms with Gasteiger partial charge in [0.25, 0.3) is 5.91 Å². The Balaban J connectivity index is 1.53. The summed E-state index contributed by atoms with van der Waals surface area (Å²) in [6.07, 6.45) is -1.64. The summed E-state index contributed by atoms with van der Waals surface area (Å²) in [4.78, 5) is 38.3. The average Bonchev–Trinajstić information content (AvgIpc) is 3.25. The number of carbonyl (C=O) groups excluding carboxylic acids is 2. The second-order valence-corrected chi connectivity index (χ2v) is 11.4. The molecular formula is C32H23Cl2F3N4O3. The predicted molar refractivity (Wildman–Crippen MR) is 162 cm³/mol. The van der Waals surface area contributed by atoms with E-state index in [1.165, 1.54) is 12.1 Å². The first-order chi connectivity index (χ1) is 20.9. The number of nitrogens with zero attached hydrogens (tertiary/aromatic N) is 3. The van der Waals surface area contributed by atoms with E-state index in [1.54, 1.807) is 60.9 Å². The van der Waals surface area contributed by atoms with Crippen molar-refractivity contribution in [2.24, 2.45) is 0 Å². The third-order valence-corrected chi connectivity index (χ3v) is 8.65. The van der Waals surface area contributed by atoms with E-state index in [2.05, 4.69) is 20.0 Å². The van der Waals surface area contributed by atoms with E-state index in [0.717, 1.165) is 17.0 Å². The number of carbonyl (C=O) groups is 2. The van der Waals surface area contributed by atoms with Crippen LogP contribution in [0.15, 0.2) is 85.2 Å². The fraction of sp³-hybridized carbons (Fsp3) is 0.188. The lowest BCUT2D eigenvalue weighted by molar-refractivity contribution is -0.274. The molecule has 1 aliphatic rings. The molecule has 3 aromatic carbocycles. The molecule has 0 aliphatic carbocycles. The number of rotatable bonds is 6. The Bertz CT molecular complexity index is 1840. The van der Waals surface area contributed by atoms with Gasteiger partial charge in [0.2, 0.25) is 0 Å². The lowest BCUT2D eigenvalue weighted by Crippen LogP contribution is -2.55. The van der Waals surface area contributed by atoms with Crippen molar-refractivity contribution >= 4 is 62.6 Å². The fourth-order valence-corrected chi connectivity index (χ4v) is 6.43. The van der Waals surface area contributed by atoms with Crippen LogP contribution < -0.4 is 15.0 Å². The number of amides is 3. The van der Waals surface area contributed by atoms with Crippen LogP contribution in [0.3, 0.4) is 0 Å². The second-order valence-electron chi connectivity index (χ2n) is 10.5. The largest absolute Gasteiger partial charge is 0.573 e. The standard InChI is InChI=1S/C32H23Cl2F3N4O3/c1-17(23-11-13-38-27-9-3-19(33)15-25(23)27)31(18(2)24-12-14-39-28-10-4-20(34)16-26(24)28)29(42)41(30(43)40-31)21-5-7-22(8-6-21)44-32(35,36)37/h3-18H,1-2H3,(H,40,43). The average molecular weight is 639 g/mol. The number of aromatic nitrogens is 2. The number of pyridine rings is 2. The molecule has 0 spiro atoms. The third kappa shape index (κ3) is 5.07. The molecule has 1 N–H and O–H groups in total. The van der Waals surface area contributed by atoms with Crippen LogP contribution in [-0.2, 0) is 4.79 Å². The van der Waals surface area contributed by atoms with Gasteiger partial charge in [0.1, 0.15) is 11.3 Å². The minimum Gasteiger partial charge on any atom is -0.406 e. The Labute approximate surface area is 259 Å². The van der Waals surface area contributed by atoms with Crippen LogP contribution in [0, 0.1) is 0 Å². The lowest BCUT2D eigenvalue weighted by Gasteiger charge is -2.39. The topological polar surface area (TPSA) is 84.4 Å². The van der Waals surface area contributed by atoms with Crippen LogP contribution in [0.4, 0.5) is 23.7 Å². The van der Waals surface area contributed by atoms with Gasteiger partial charge in [-0.2, -0.15) is 0 Å². The first-order valence-corrected chi connectivity index (χ1v) is 14.3. The molecule has 12 heteroatoms. The van der Waals surface area contributed by atoms with Crippen LogP contribution in [0.5, 0.6) is 5.75 Å². The number of imide groups is 1. The molecule has 44 heavy (non-hydrogen) atoms. The van der Waals surface area contributed by atoms with Crippen LogP contribution in [0.2, 0.25) is 10.0 Å². The summed E-state index contributed by atoms with van der Waals surface area (Å²) in [5.41, 5.74) is 1.22. The molecule has 224 valence electrons. The molecule has 0 bridgehead atoms. The van der Waals surface area contributed by atoms with E-state index in [4.69, 9.17) is 23.2 Å². The zero-order valence-electron chi connectivity index (χ0n) is 23.2. The molecule has 3 heterocycles. The molecule has 2 atom stereocenters. The van der Waals surface area contributed by atoms with E-state index >= 15 is 0 Å². The monoisotopic (exact) mass is 638 g/mol. The van der Waals surface area contributed by atoms with Gasteiger partial charge in [-0.15, -0.1) is 13.2 Å². The van der Waals surface area contributed by atoms with Gasteiger partial charge in [-0.1, -0.05) is 37.0 Å². The summed E-state index contributed by atoms with van der Waals surface area (Å²) in [5.74, 6) is -2.39. The van der Waals surface area contributed by atoms with E-state index in [0.29, 0.717) is 43.0 Å². The quantitative estimate of drug-likeness (QED) is 0.189. The van der Waals surface area contributed by atoms with Crippen molar-refractivity contribution in [3.05, 3.63) is 106 Å². The van der Waals surface area contributed by atoms with Crippen LogP contribution in [0.25, 0.3) is 21.8 Å².